The van der Waals surface area contributed by atoms with Crippen molar-refractivity contribution in [2.75, 3.05) is 11.9 Å². The van der Waals surface area contributed by atoms with E-state index >= 15 is 0 Å². The lowest BCUT2D eigenvalue weighted by molar-refractivity contribution is -0.141. The lowest BCUT2D eigenvalue weighted by Gasteiger charge is -2.70. The largest absolute Gasteiger partial charge is 0.484 e. The van der Waals surface area contributed by atoms with Crippen LogP contribution in [0.1, 0.15) is 36.5 Å². The molecule has 0 aromatic heterocycles. The normalized spacial score (nSPS) is 27.0. The monoisotopic (exact) mass is 445 g/mol. The summed E-state index contributed by atoms with van der Waals surface area (Å²) in [5, 5.41) is 9.22. The third-order valence-corrected chi connectivity index (χ3v) is 6.29. The van der Waals surface area contributed by atoms with E-state index in [0.29, 0.717) is 30.6 Å². The standard InChI is InChI=1S/C22H21ClFN3O4/c1-12-25-17-5-2-13(6-18(17)31-12)20(29)27-22-9-21(10-22,11-22)26-19(28)8-30-14-3-4-15(23)16(24)7-14/h2-7,12,25H,8-11H2,1H3,(H,26,28)(H,27,29). The Morgan fingerprint density at radius 1 is 1.19 bits per heavy atom. The predicted octanol–water partition coefficient (Wildman–Crippen LogP) is 3.23. The third-order valence-electron chi connectivity index (χ3n) is 5.98. The van der Waals surface area contributed by atoms with Crippen molar-refractivity contribution in [1.29, 1.82) is 0 Å². The molecule has 2 bridgehead atoms. The van der Waals surface area contributed by atoms with Gasteiger partial charge in [-0.1, -0.05) is 11.6 Å². The van der Waals surface area contributed by atoms with Crippen LogP contribution in [-0.4, -0.2) is 35.7 Å². The number of fused-ring (bicyclic) bond motifs is 1. The van der Waals surface area contributed by atoms with E-state index in [1.54, 1.807) is 12.1 Å². The number of halogens is 2. The molecular weight excluding hydrogens is 425 g/mol. The molecule has 1 heterocycles. The van der Waals surface area contributed by atoms with Gasteiger partial charge in [0.1, 0.15) is 17.3 Å². The van der Waals surface area contributed by atoms with Gasteiger partial charge < -0.3 is 25.4 Å². The number of hydrogen-bond acceptors (Lipinski definition) is 5. The number of anilines is 1. The molecule has 1 atom stereocenters. The van der Waals surface area contributed by atoms with Gasteiger partial charge in [0, 0.05) is 22.7 Å². The van der Waals surface area contributed by atoms with Crippen LogP contribution < -0.4 is 25.4 Å². The summed E-state index contributed by atoms with van der Waals surface area (Å²) in [5.41, 5.74) is 0.829. The fourth-order valence-corrected chi connectivity index (χ4v) is 4.85. The Labute approximate surface area is 183 Å². The fraction of sp³-hybridized carbons (Fsp3) is 0.364. The first-order valence-corrected chi connectivity index (χ1v) is 10.4. The Hall–Kier alpha value is -3.00. The minimum absolute atomic E-state index is 0.00310. The van der Waals surface area contributed by atoms with Crippen molar-refractivity contribution in [3.05, 3.63) is 52.8 Å². The van der Waals surface area contributed by atoms with Crippen LogP contribution in [0.3, 0.4) is 0 Å². The fourth-order valence-electron chi connectivity index (χ4n) is 4.73. The maximum atomic E-state index is 13.4. The van der Waals surface area contributed by atoms with E-state index in [4.69, 9.17) is 21.1 Å². The molecule has 6 rings (SSSR count). The molecule has 7 nitrogen and oxygen atoms in total. The lowest BCUT2D eigenvalue weighted by Crippen LogP contribution is -2.84. The first kappa shape index (κ1) is 19.9. The summed E-state index contributed by atoms with van der Waals surface area (Å²) in [7, 11) is 0. The van der Waals surface area contributed by atoms with Crippen molar-refractivity contribution >= 4 is 29.1 Å². The van der Waals surface area contributed by atoms with Gasteiger partial charge in [0.2, 0.25) is 0 Å². The average molecular weight is 446 g/mol. The average Bonchev–Trinajstić information content (AvgIpc) is 3.05. The van der Waals surface area contributed by atoms with Crippen LogP contribution in [0.15, 0.2) is 36.4 Å². The third kappa shape index (κ3) is 3.65. The zero-order chi connectivity index (χ0) is 21.8. The minimum atomic E-state index is -0.600. The van der Waals surface area contributed by atoms with Crippen molar-refractivity contribution in [2.24, 2.45) is 0 Å². The molecule has 0 saturated heterocycles. The van der Waals surface area contributed by atoms with E-state index in [-0.39, 0.29) is 46.5 Å². The van der Waals surface area contributed by atoms with Crippen LogP contribution in [0.5, 0.6) is 11.5 Å². The molecule has 3 fully saturated rings. The highest BCUT2D eigenvalue weighted by Crippen LogP contribution is 2.60. The number of carbonyl (C=O) groups excluding carboxylic acids is 2. The highest BCUT2D eigenvalue weighted by molar-refractivity contribution is 6.30. The molecule has 162 valence electrons. The van der Waals surface area contributed by atoms with Gasteiger partial charge in [0.05, 0.1) is 10.7 Å². The van der Waals surface area contributed by atoms with Gasteiger partial charge in [-0.2, -0.15) is 0 Å². The van der Waals surface area contributed by atoms with Crippen molar-refractivity contribution in [3.8, 4) is 11.5 Å². The summed E-state index contributed by atoms with van der Waals surface area (Å²) in [6, 6.07) is 9.36. The summed E-state index contributed by atoms with van der Waals surface area (Å²) in [4.78, 5) is 24.9. The molecule has 2 aromatic carbocycles. The van der Waals surface area contributed by atoms with Crippen LogP contribution in [0.4, 0.5) is 10.1 Å². The highest BCUT2D eigenvalue weighted by Gasteiger charge is 2.69. The second-order valence-electron chi connectivity index (χ2n) is 8.57. The molecule has 31 heavy (non-hydrogen) atoms. The second-order valence-corrected chi connectivity index (χ2v) is 8.98. The topological polar surface area (TPSA) is 88.7 Å². The summed E-state index contributed by atoms with van der Waals surface area (Å²) in [6.07, 6.45) is 1.91. The van der Waals surface area contributed by atoms with Gasteiger partial charge in [-0.3, -0.25) is 9.59 Å². The Balaban J connectivity index is 1.10. The van der Waals surface area contributed by atoms with Crippen LogP contribution in [0.2, 0.25) is 5.02 Å². The minimum Gasteiger partial charge on any atom is -0.484 e. The number of nitrogens with one attached hydrogen (secondary N) is 3. The van der Waals surface area contributed by atoms with Crippen LogP contribution in [0, 0.1) is 5.82 Å². The molecule has 2 amide bonds. The number of carbonyl (C=O) groups is 2. The van der Waals surface area contributed by atoms with Crippen molar-refractivity contribution in [3.63, 3.8) is 0 Å². The zero-order valence-corrected chi connectivity index (χ0v) is 17.5. The van der Waals surface area contributed by atoms with Gasteiger partial charge in [0.25, 0.3) is 11.8 Å². The second kappa shape index (κ2) is 7.02. The van der Waals surface area contributed by atoms with E-state index in [0.717, 1.165) is 11.8 Å². The molecule has 1 unspecified atom stereocenters. The molecule has 3 aliphatic carbocycles. The maximum absolute atomic E-state index is 13.4. The predicted molar refractivity (Wildman–Crippen MR) is 112 cm³/mol. The van der Waals surface area contributed by atoms with Crippen molar-refractivity contribution in [2.45, 2.75) is 43.5 Å². The van der Waals surface area contributed by atoms with Gasteiger partial charge in [-0.15, -0.1) is 0 Å². The Morgan fingerprint density at radius 2 is 1.94 bits per heavy atom. The first-order valence-electron chi connectivity index (χ1n) is 10.0. The highest BCUT2D eigenvalue weighted by atomic mass is 35.5. The van der Waals surface area contributed by atoms with Gasteiger partial charge in [-0.25, -0.2) is 4.39 Å². The van der Waals surface area contributed by atoms with Crippen molar-refractivity contribution < 1.29 is 23.5 Å². The van der Waals surface area contributed by atoms with E-state index in [2.05, 4.69) is 16.0 Å². The molecule has 3 N–H and O–H groups in total. The van der Waals surface area contributed by atoms with Crippen LogP contribution in [-0.2, 0) is 4.79 Å². The Kier molecular flexibility index (Phi) is 4.51. The molecular formula is C22H21ClFN3O4. The Bertz CT molecular complexity index is 1070. The van der Waals surface area contributed by atoms with Crippen molar-refractivity contribution in [1.82, 2.24) is 10.6 Å². The lowest BCUT2D eigenvalue weighted by atomic mass is 9.44. The number of benzene rings is 2. The summed E-state index contributed by atoms with van der Waals surface area (Å²) in [6.45, 7) is 1.68. The van der Waals surface area contributed by atoms with E-state index in [1.165, 1.54) is 12.1 Å². The Morgan fingerprint density at radius 3 is 2.68 bits per heavy atom. The molecule has 0 radical (unpaired) electrons. The van der Waals surface area contributed by atoms with Crippen LogP contribution >= 0.6 is 11.6 Å². The SMILES string of the molecule is CC1Nc2ccc(C(=O)NC34CC(NC(=O)COc5ccc(Cl)c(F)c5)(C3)C4)cc2O1. The quantitative estimate of drug-likeness (QED) is 0.635. The smallest absolute Gasteiger partial charge is 0.258 e. The molecule has 4 aliphatic rings. The van der Waals surface area contributed by atoms with Gasteiger partial charge in [0.15, 0.2) is 12.8 Å². The number of ether oxygens (including phenoxy) is 2. The number of amides is 2. The molecule has 9 heteroatoms. The number of rotatable bonds is 6. The van der Waals surface area contributed by atoms with Gasteiger partial charge in [-0.05, 0) is 56.5 Å². The first-order chi connectivity index (χ1) is 14.7. The molecule has 1 aliphatic heterocycles. The van der Waals surface area contributed by atoms with Gasteiger partial charge >= 0.3 is 0 Å². The van der Waals surface area contributed by atoms with E-state index < -0.39 is 5.82 Å². The maximum Gasteiger partial charge on any atom is 0.258 e. The summed E-state index contributed by atoms with van der Waals surface area (Å²) in [5.74, 6) is -0.133. The zero-order valence-electron chi connectivity index (χ0n) is 16.8. The summed E-state index contributed by atoms with van der Waals surface area (Å²) < 4.78 is 24.4. The van der Waals surface area contributed by atoms with Crippen LogP contribution in [0.25, 0.3) is 0 Å². The molecule has 0 spiro atoms. The van der Waals surface area contributed by atoms with E-state index in [9.17, 15) is 14.0 Å². The van der Waals surface area contributed by atoms with E-state index in [1.807, 2.05) is 13.0 Å². The molecule has 2 aromatic rings. The summed E-state index contributed by atoms with van der Waals surface area (Å²) >= 11 is 5.63. The number of hydrogen-bond donors (Lipinski definition) is 3. The molecule has 3 saturated carbocycles.